The predicted molar refractivity (Wildman–Crippen MR) is 87.4 cm³/mol. The molecule has 0 atom stereocenters. The molecular formula is C11H14Cl4N3OP. The zero-order chi connectivity index (χ0) is 15.3. The minimum Gasteiger partial charge on any atom is -0.355 e. The van der Waals surface area contributed by atoms with Crippen molar-refractivity contribution < 1.29 is 4.57 Å². The third kappa shape index (κ3) is 6.64. The number of halogens is 4. The second-order valence-corrected chi connectivity index (χ2v) is 11.1. The van der Waals surface area contributed by atoms with Crippen LogP contribution in [-0.4, -0.2) is 15.0 Å². The highest BCUT2D eigenvalue weighted by molar-refractivity contribution is 8.24. The molecule has 0 amide bonds. The number of aromatic amines is 1. The van der Waals surface area contributed by atoms with Gasteiger partial charge in [0.1, 0.15) is 11.3 Å². The molecule has 2 aromatic rings. The van der Waals surface area contributed by atoms with Crippen molar-refractivity contribution in [2.24, 2.45) is 0 Å². The monoisotopic (exact) mass is 375 g/mol. The summed E-state index contributed by atoms with van der Waals surface area (Å²) >= 11 is 19.9. The van der Waals surface area contributed by atoms with Crippen LogP contribution in [0.2, 0.25) is 5.15 Å². The Balaban J connectivity index is 0.000000347. The summed E-state index contributed by atoms with van der Waals surface area (Å²) in [4.78, 5) is 11.9. The summed E-state index contributed by atoms with van der Waals surface area (Å²) in [5, 5.41) is -2.70. The number of hydrogen-bond acceptors (Lipinski definition) is 3. The Hall–Kier alpha value is 0.01000. The number of aryl methyl sites for hydroxylation is 2. The molecule has 0 spiro atoms. The molecule has 2 heterocycles. The van der Waals surface area contributed by atoms with Crippen LogP contribution >= 0.6 is 50.5 Å². The molecule has 0 aliphatic rings. The van der Waals surface area contributed by atoms with Gasteiger partial charge in [-0.3, -0.25) is 4.57 Å². The van der Waals surface area contributed by atoms with E-state index < -0.39 is 5.20 Å². The Kier molecular flexibility index (Phi) is 7.10. The van der Waals surface area contributed by atoms with Crippen molar-refractivity contribution in [2.75, 3.05) is 0 Å². The van der Waals surface area contributed by atoms with Crippen LogP contribution in [0.15, 0.2) is 6.07 Å². The summed E-state index contributed by atoms with van der Waals surface area (Å²) in [7, 11) is 0. The zero-order valence-electron chi connectivity index (χ0n) is 11.0. The Labute approximate surface area is 136 Å². The molecule has 112 valence electrons. The third-order valence-corrected chi connectivity index (χ3v) is 2.64. The number of fused-ring (bicyclic) bond motifs is 1. The average molecular weight is 377 g/mol. The van der Waals surface area contributed by atoms with Gasteiger partial charge in [-0.1, -0.05) is 24.9 Å². The van der Waals surface area contributed by atoms with E-state index in [1.165, 1.54) is 0 Å². The first-order valence-corrected chi connectivity index (χ1v) is 10.7. The SMILES string of the molecule is CCCCc1nc(Cl)c2[nH]c(C)cc2n1.O=P(Cl)(Cl)Cl. The molecular weight excluding hydrogens is 363 g/mol. The van der Waals surface area contributed by atoms with Crippen molar-refractivity contribution in [3.63, 3.8) is 0 Å². The van der Waals surface area contributed by atoms with Crippen LogP contribution in [0.4, 0.5) is 0 Å². The summed E-state index contributed by atoms with van der Waals surface area (Å²) in [5.41, 5.74) is 2.82. The van der Waals surface area contributed by atoms with E-state index >= 15 is 0 Å². The molecule has 0 bridgehead atoms. The molecule has 0 saturated carbocycles. The molecule has 0 aromatic carbocycles. The van der Waals surface area contributed by atoms with E-state index in [1.807, 2.05) is 13.0 Å². The van der Waals surface area contributed by atoms with Gasteiger partial charge in [0.05, 0.1) is 5.52 Å². The molecule has 4 nitrogen and oxygen atoms in total. The van der Waals surface area contributed by atoms with Crippen molar-refractivity contribution in [2.45, 2.75) is 33.1 Å². The number of nitrogens with zero attached hydrogens (tertiary/aromatic N) is 2. The van der Waals surface area contributed by atoms with E-state index in [1.54, 1.807) is 0 Å². The van der Waals surface area contributed by atoms with E-state index in [2.05, 4.69) is 55.6 Å². The van der Waals surface area contributed by atoms with Crippen LogP contribution in [0.3, 0.4) is 0 Å². The van der Waals surface area contributed by atoms with Gasteiger partial charge in [-0.15, -0.1) is 0 Å². The average Bonchev–Trinajstić information content (AvgIpc) is 2.65. The third-order valence-electron chi connectivity index (χ3n) is 2.37. The number of unbranched alkanes of at least 4 members (excludes halogenated alkanes) is 1. The fraction of sp³-hybridized carbons (Fsp3) is 0.455. The maximum atomic E-state index is 9.51. The van der Waals surface area contributed by atoms with Gasteiger partial charge < -0.3 is 4.98 Å². The van der Waals surface area contributed by atoms with Crippen LogP contribution in [0, 0.1) is 6.92 Å². The van der Waals surface area contributed by atoms with Crippen LogP contribution < -0.4 is 0 Å². The molecule has 0 fully saturated rings. The van der Waals surface area contributed by atoms with Gasteiger partial charge in [0.25, 0.3) is 0 Å². The maximum Gasteiger partial charge on any atom is 0.339 e. The van der Waals surface area contributed by atoms with Crippen molar-refractivity contribution in [3.05, 3.63) is 22.7 Å². The van der Waals surface area contributed by atoms with Gasteiger partial charge in [-0.2, -0.15) is 0 Å². The fourth-order valence-corrected chi connectivity index (χ4v) is 1.84. The Morgan fingerprint density at radius 1 is 1.30 bits per heavy atom. The minimum absolute atomic E-state index is 0.527. The predicted octanol–water partition coefficient (Wildman–Crippen LogP) is 6.07. The molecule has 0 aliphatic heterocycles. The summed E-state index contributed by atoms with van der Waals surface area (Å²) in [6.07, 6.45) is 3.15. The zero-order valence-corrected chi connectivity index (χ0v) is 14.9. The summed E-state index contributed by atoms with van der Waals surface area (Å²) in [5.74, 6) is 0.841. The van der Waals surface area contributed by atoms with Crippen molar-refractivity contribution in [1.29, 1.82) is 0 Å². The van der Waals surface area contributed by atoms with E-state index in [9.17, 15) is 4.57 Å². The number of nitrogens with one attached hydrogen (secondary N) is 1. The number of aromatic nitrogens is 3. The molecule has 0 radical (unpaired) electrons. The maximum absolute atomic E-state index is 9.51. The lowest BCUT2D eigenvalue weighted by Crippen LogP contribution is -1.95. The first-order chi connectivity index (χ1) is 9.20. The summed E-state index contributed by atoms with van der Waals surface area (Å²) in [6, 6.07) is 2.00. The van der Waals surface area contributed by atoms with Crippen molar-refractivity contribution in [3.8, 4) is 0 Å². The lowest BCUT2D eigenvalue weighted by atomic mass is 10.2. The van der Waals surface area contributed by atoms with Gasteiger partial charge in [-0.05, 0) is 53.1 Å². The van der Waals surface area contributed by atoms with Gasteiger partial charge in [0, 0.05) is 12.1 Å². The summed E-state index contributed by atoms with van der Waals surface area (Å²) < 4.78 is 9.51. The van der Waals surface area contributed by atoms with Crippen LogP contribution in [0.5, 0.6) is 0 Å². The Morgan fingerprint density at radius 2 is 1.90 bits per heavy atom. The van der Waals surface area contributed by atoms with Gasteiger partial charge in [0.2, 0.25) is 0 Å². The normalized spacial score (nSPS) is 11.3. The molecule has 0 unspecified atom stereocenters. The van der Waals surface area contributed by atoms with E-state index in [-0.39, 0.29) is 0 Å². The molecule has 0 saturated heterocycles. The highest BCUT2D eigenvalue weighted by atomic mass is 36.0. The van der Waals surface area contributed by atoms with E-state index in [4.69, 9.17) is 11.6 Å². The second-order valence-electron chi connectivity index (χ2n) is 4.15. The van der Waals surface area contributed by atoms with Crippen molar-refractivity contribution >= 4 is 61.6 Å². The Bertz CT molecular complexity index is 617. The van der Waals surface area contributed by atoms with E-state index in [0.717, 1.165) is 41.8 Å². The molecule has 0 aliphatic carbocycles. The lowest BCUT2D eigenvalue weighted by molar-refractivity contribution is 0.600. The molecule has 2 rings (SSSR count). The highest BCUT2D eigenvalue weighted by Crippen LogP contribution is 2.61. The molecule has 1 N–H and O–H groups in total. The van der Waals surface area contributed by atoms with Gasteiger partial charge in [0.15, 0.2) is 5.15 Å². The highest BCUT2D eigenvalue weighted by Gasteiger charge is 2.07. The van der Waals surface area contributed by atoms with Gasteiger partial charge >= 0.3 is 5.20 Å². The second kappa shape index (κ2) is 7.86. The first-order valence-electron chi connectivity index (χ1n) is 5.91. The number of H-pyrrole nitrogens is 1. The molecule has 2 aromatic heterocycles. The quantitative estimate of drug-likeness (QED) is 0.522. The standard InChI is InChI=1S/C11H14ClN3.Cl3OP/c1-3-4-5-9-14-8-6-7(2)13-10(8)11(12)15-9;1-5(2,3)4/h6,13H,3-5H2,1-2H3;. The number of rotatable bonds is 3. The lowest BCUT2D eigenvalue weighted by Gasteiger charge is -1.99. The smallest absolute Gasteiger partial charge is 0.339 e. The topological polar surface area (TPSA) is 58.6 Å². The fourth-order valence-electron chi connectivity index (χ4n) is 1.60. The summed E-state index contributed by atoms with van der Waals surface area (Å²) in [6.45, 7) is 4.14. The van der Waals surface area contributed by atoms with E-state index in [0.29, 0.717) is 5.15 Å². The van der Waals surface area contributed by atoms with Crippen LogP contribution in [-0.2, 0) is 11.0 Å². The number of hydrogen-bond donors (Lipinski definition) is 1. The van der Waals surface area contributed by atoms with Crippen LogP contribution in [0.25, 0.3) is 11.0 Å². The Morgan fingerprint density at radius 3 is 2.45 bits per heavy atom. The minimum atomic E-state index is -3.22. The molecule has 9 heteroatoms. The van der Waals surface area contributed by atoms with Crippen molar-refractivity contribution in [1.82, 2.24) is 15.0 Å². The van der Waals surface area contributed by atoms with Crippen LogP contribution in [0.1, 0.15) is 31.3 Å². The first kappa shape index (κ1) is 18.1. The molecule has 20 heavy (non-hydrogen) atoms. The van der Waals surface area contributed by atoms with Gasteiger partial charge in [-0.25, -0.2) is 9.97 Å². The largest absolute Gasteiger partial charge is 0.355 e.